The van der Waals surface area contributed by atoms with Crippen molar-refractivity contribution in [1.29, 1.82) is 0 Å². The summed E-state index contributed by atoms with van der Waals surface area (Å²) >= 11 is 0. The van der Waals surface area contributed by atoms with Gasteiger partial charge in [-0.25, -0.2) is 22.2 Å². The standard InChI is InChI=1S/C24H20N2O5S/c1-31-24(28)22-18(15-19(27)14-17-8-4-2-5-9-17)16-25-23-21(22)12-13-26(23)32(29,30)20-10-6-3-7-11-20/h2-13,16H,14-15H2,1H3. The van der Waals surface area contributed by atoms with Gasteiger partial charge in [0.1, 0.15) is 5.78 Å². The van der Waals surface area contributed by atoms with Gasteiger partial charge in [-0.3, -0.25) is 4.79 Å². The second-order valence-corrected chi connectivity index (χ2v) is 9.01. The predicted molar refractivity (Wildman–Crippen MR) is 119 cm³/mol. The first-order chi connectivity index (χ1) is 15.4. The van der Waals surface area contributed by atoms with Gasteiger partial charge in [0, 0.05) is 30.6 Å². The van der Waals surface area contributed by atoms with Crippen LogP contribution in [-0.2, 0) is 32.4 Å². The van der Waals surface area contributed by atoms with Gasteiger partial charge in [0.05, 0.1) is 17.6 Å². The fraction of sp³-hybridized carbons (Fsp3) is 0.125. The highest BCUT2D eigenvalue weighted by Gasteiger charge is 2.25. The molecule has 0 aliphatic carbocycles. The largest absolute Gasteiger partial charge is 0.465 e. The molecular weight excluding hydrogens is 428 g/mol. The summed E-state index contributed by atoms with van der Waals surface area (Å²) < 4.78 is 32.1. The van der Waals surface area contributed by atoms with Crippen molar-refractivity contribution in [2.45, 2.75) is 17.7 Å². The van der Waals surface area contributed by atoms with Crippen LogP contribution >= 0.6 is 0 Å². The monoisotopic (exact) mass is 448 g/mol. The molecule has 0 saturated carbocycles. The second kappa shape index (κ2) is 8.76. The number of fused-ring (bicyclic) bond motifs is 1. The molecule has 0 saturated heterocycles. The number of esters is 1. The molecule has 2 aromatic carbocycles. The van der Waals surface area contributed by atoms with Gasteiger partial charge in [0.25, 0.3) is 10.0 Å². The van der Waals surface area contributed by atoms with Crippen LogP contribution in [0.4, 0.5) is 0 Å². The Balaban J connectivity index is 1.76. The Morgan fingerprint density at radius 3 is 2.25 bits per heavy atom. The number of methoxy groups -OCH3 is 1. The van der Waals surface area contributed by atoms with Crippen molar-refractivity contribution in [3.05, 3.63) is 95.8 Å². The zero-order valence-electron chi connectivity index (χ0n) is 17.3. The lowest BCUT2D eigenvalue weighted by Crippen LogP contribution is -2.15. The Morgan fingerprint density at radius 1 is 0.938 bits per heavy atom. The van der Waals surface area contributed by atoms with Crippen molar-refractivity contribution < 1.29 is 22.7 Å². The third-order valence-electron chi connectivity index (χ3n) is 5.08. The highest BCUT2D eigenvalue weighted by molar-refractivity contribution is 7.90. The molecule has 4 rings (SSSR count). The first-order valence-electron chi connectivity index (χ1n) is 9.85. The van der Waals surface area contributed by atoms with Gasteiger partial charge in [-0.05, 0) is 29.3 Å². The Kier molecular flexibility index (Phi) is 5.87. The lowest BCUT2D eigenvalue weighted by molar-refractivity contribution is -0.117. The summed E-state index contributed by atoms with van der Waals surface area (Å²) in [5.74, 6) is -0.756. The number of carbonyl (C=O) groups excluding carboxylic acids is 2. The van der Waals surface area contributed by atoms with Crippen LogP contribution < -0.4 is 0 Å². The molecule has 0 radical (unpaired) electrons. The second-order valence-electron chi connectivity index (χ2n) is 7.19. The summed E-state index contributed by atoms with van der Waals surface area (Å²) in [5.41, 5.74) is 1.49. The minimum atomic E-state index is -3.91. The first-order valence-corrected chi connectivity index (χ1v) is 11.3. The lowest BCUT2D eigenvalue weighted by Gasteiger charge is -2.11. The first kappa shape index (κ1) is 21.5. The molecule has 0 bridgehead atoms. The molecule has 8 heteroatoms. The number of hydrogen-bond donors (Lipinski definition) is 0. The summed E-state index contributed by atoms with van der Waals surface area (Å²) in [4.78, 5) is 29.6. The Bertz CT molecular complexity index is 1390. The van der Waals surface area contributed by atoms with E-state index < -0.39 is 16.0 Å². The van der Waals surface area contributed by atoms with Gasteiger partial charge in [0.15, 0.2) is 5.65 Å². The molecule has 2 aromatic heterocycles. The van der Waals surface area contributed by atoms with Crippen LogP contribution in [0.15, 0.2) is 84.0 Å². The van der Waals surface area contributed by atoms with Crippen LogP contribution in [-0.4, -0.2) is 36.2 Å². The van der Waals surface area contributed by atoms with Crippen molar-refractivity contribution in [3.8, 4) is 0 Å². The molecule has 0 spiro atoms. The van der Waals surface area contributed by atoms with Crippen molar-refractivity contribution >= 4 is 32.8 Å². The number of carbonyl (C=O) groups is 2. The predicted octanol–water partition coefficient (Wildman–Crippen LogP) is 3.41. The highest BCUT2D eigenvalue weighted by Crippen LogP contribution is 2.26. The number of ether oxygens (including phenoxy) is 1. The van der Waals surface area contributed by atoms with Gasteiger partial charge in [-0.1, -0.05) is 48.5 Å². The zero-order chi connectivity index (χ0) is 22.7. The summed E-state index contributed by atoms with van der Waals surface area (Å²) in [6, 6.07) is 18.7. The average molecular weight is 449 g/mol. The Morgan fingerprint density at radius 2 is 1.59 bits per heavy atom. The Labute approximate surface area is 185 Å². The fourth-order valence-corrected chi connectivity index (χ4v) is 4.90. The molecule has 0 aliphatic rings. The molecule has 0 N–H and O–H groups in total. The molecule has 2 heterocycles. The number of nitrogens with zero attached hydrogens (tertiary/aromatic N) is 2. The Hall–Kier alpha value is -3.78. The summed E-state index contributed by atoms with van der Waals surface area (Å²) in [6.45, 7) is 0. The molecular formula is C24H20N2O5S. The van der Waals surface area contributed by atoms with E-state index in [1.54, 1.807) is 18.2 Å². The summed E-state index contributed by atoms with van der Waals surface area (Å²) in [5, 5.41) is 0.307. The molecule has 0 fully saturated rings. The maximum absolute atomic E-state index is 13.1. The quantitative estimate of drug-likeness (QED) is 0.402. The van der Waals surface area contributed by atoms with Crippen molar-refractivity contribution in [3.63, 3.8) is 0 Å². The topological polar surface area (TPSA) is 95.3 Å². The van der Waals surface area contributed by atoms with E-state index >= 15 is 0 Å². The van der Waals surface area contributed by atoms with E-state index in [1.165, 1.54) is 37.7 Å². The molecule has 0 unspecified atom stereocenters. The number of Topliss-reactive ketones (excluding diaryl/α,β-unsaturated/α-hetero) is 1. The SMILES string of the molecule is COC(=O)c1c(CC(=O)Cc2ccccc2)cnc2c1ccn2S(=O)(=O)c1ccccc1. The smallest absolute Gasteiger partial charge is 0.338 e. The van der Waals surface area contributed by atoms with Crippen LogP contribution in [0, 0.1) is 0 Å². The van der Waals surface area contributed by atoms with E-state index in [4.69, 9.17) is 4.74 Å². The molecule has 0 amide bonds. The summed E-state index contributed by atoms with van der Waals surface area (Å²) in [6.07, 6.45) is 2.90. The third-order valence-corrected chi connectivity index (χ3v) is 6.76. The van der Waals surface area contributed by atoms with E-state index in [-0.39, 0.29) is 34.7 Å². The van der Waals surface area contributed by atoms with Crippen LogP contribution in [0.5, 0.6) is 0 Å². The molecule has 7 nitrogen and oxygen atoms in total. The number of benzene rings is 2. The van der Waals surface area contributed by atoms with Crippen LogP contribution in [0.2, 0.25) is 0 Å². The molecule has 4 aromatic rings. The van der Waals surface area contributed by atoms with Gasteiger partial charge in [-0.15, -0.1) is 0 Å². The molecule has 0 aliphatic heterocycles. The van der Waals surface area contributed by atoms with Crippen LogP contribution in [0.1, 0.15) is 21.5 Å². The molecule has 32 heavy (non-hydrogen) atoms. The average Bonchev–Trinajstić information content (AvgIpc) is 3.24. The van der Waals surface area contributed by atoms with Crippen molar-refractivity contribution in [2.75, 3.05) is 7.11 Å². The van der Waals surface area contributed by atoms with E-state index in [9.17, 15) is 18.0 Å². The number of pyridine rings is 1. The van der Waals surface area contributed by atoms with Gasteiger partial charge >= 0.3 is 5.97 Å². The number of aromatic nitrogens is 2. The van der Waals surface area contributed by atoms with E-state index in [1.807, 2.05) is 30.3 Å². The van der Waals surface area contributed by atoms with E-state index in [2.05, 4.69) is 4.98 Å². The normalized spacial score (nSPS) is 11.4. The fourth-order valence-electron chi connectivity index (χ4n) is 3.58. The van der Waals surface area contributed by atoms with Crippen molar-refractivity contribution in [2.24, 2.45) is 0 Å². The third kappa shape index (κ3) is 4.04. The number of ketones is 1. The highest BCUT2D eigenvalue weighted by atomic mass is 32.2. The molecule has 162 valence electrons. The number of hydrogen-bond acceptors (Lipinski definition) is 6. The zero-order valence-corrected chi connectivity index (χ0v) is 18.1. The summed E-state index contributed by atoms with van der Waals surface area (Å²) in [7, 11) is -2.67. The maximum Gasteiger partial charge on any atom is 0.338 e. The van der Waals surface area contributed by atoms with E-state index in [0.29, 0.717) is 10.9 Å². The van der Waals surface area contributed by atoms with Crippen molar-refractivity contribution in [1.82, 2.24) is 8.96 Å². The molecule has 0 atom stereocenters. The number of rotatable bonds is 7. The van der Waals surface area contributed by atoms with Crippen LogP contribution in [0.3, 0.4) is 0 Å². The van der Waals surface area contributed by atoms with Crippen LogP contribution in [0.25, 0.3) is 11.0 Å². The van der Waals surface area contributed by atoms with Gasteiger partial charge in [0.2, 0.25) is 0 Å². The maximum atomic E-state index is 13.1. The van der Waals surface area contributed by atoms with Gasteiger partial charge < -0.3 is 4.74 Å². The minimum absolute atomic E-state index is 0.0289. The minimum Gasteiger partial charge on any atom is -0.465 e. The lowest BCUT2D eigenvalue weighted by atomic mass is 9.99. The van der Waals surface area contributed by atoms with Gasteiger partial charge in [-0.2, -0.15) is 0 Å². The van der Waals surface area contributed by atoms with E-state index in [0.717, 1.165) is 9.54 Å².